The zero-order valence-corrected chi connectivity index (χ0v) is 19.1. The van der Waals surface area contributed by atoms with Crippen molar-refractivity contribution < 1.29 is 0 Å². The molecular formula is C19H32IN5S. The Morgan fingerprint density at radius 2 is 2.12 bits per heavy atom. The highest BCUT2D eigenvalue weighted by Crippen LogP contribution is 2.36. The van der Waals surface area contributed by atoms with E-state index in [1.165, 1.54) is 37.0 Å². The fourth-order valence-corrected chi connectivity index (χ4v) is 4.68. The maximum Gasteiger partial charge on any atom is 0.191 e. The van der Waals surface area contributed by atoms with Crippen LogP contribution in [-0.2, 0) is 6.54 Å². The van der Waals surface area contributed by atoms with E-state index < -0.39 is 0 Å². The molecule has 2 fully saturated rings. The first-order valence-corrected chi connectivity index (χ1v) is 10.5. The summed E-state index contributed by atoms with van der Waals surface area (Å²) in [6.07, 6.45) is 7.07. The van der Waals surface area contributed by atoms with Crippen molar-refractivity contribution in [3.63, 3.8) is 0 Å². The highest BCUT2D eigenvalue weighted by atomic mass is 127. The summed E-state index contributed by atoms with van der Waals surface area (Å²) in [6, 6.07) is 4.26. The monoisotopic (exact) mass is 489 g/mol. The van der Waals surface area contributed by atoms with E-state index in [2.05, 4.69) is 58.3 Å². The number of nitrogens with one attached hydrogen (secondary N) is 2. The highest BCUT2D eigenvalue weighted by molar-refractivity contribution is 14.0. The zero-order chi connectivity index (χ0) is 17.5. The highest BCUT2D eigenvalue weighted by Gasteiger charge is 2.29. The van der Waals surface area contributed by atoms with Crippen molar-refractivity contribution in [3.8, 4) is 0 Å². The molecule has 0 bridgehead atoms. The van der Waals surface area contributed by atoms with Crippen molar-refractivity contribution in [1.29, 1.82) is 0 Å². The lowest BCUT2D eigenvalue weighted by Crippen LogP contribution is -2.43. The fraction of sp³-hybridized carbons (Fsp3) is 0.684. The second-order valence-corrected chi connectivity index (χ2v) is 8.85. The maximum absolute atomic E-state index is 4.78. The molecule has 2 N–H and O–H groups in total. The molecule has 0 spiro atoms. The van der Waals surface area contributed by atoms with Crippen molar-refractivity contribution in [3.05, 3.63) is 23.9 Å². The molecule has 0 aliphatic carbocycles. The molecule has 7 heteroatoms. The molecule has 0 amide bonds. The van der Waals surface area contributed by atoms with E-state index in [0.29, 0.717) is 11.3 Å². The van der Waals surface area contributed by atoms with Crippen molar-refractivity contribution in [2.75, 3.05) is 36.8 Å². The van der Waals surface area contributed by atoms with Gasteiger partial charge in [-0.3, -0.25) is 0 Å². The lowest BCUT2D eigenvalue weighted by Gasteiger charge is -2.24. The standard InChI is InChI=1S/C19H31N5S.HI/c1-3-20-18(23-15-19(2)8-6-12-25-19)22-14-16-7-9-21-17(13-16)24-10-4-5-11-24;/h7,9,13H,3-6,8,10-12,14-15H2,1-2H3,(H2,20,22,23);1H. The number of anilines is 1. The van der Waals surface area contributed by atoms with Gasteiger partial charge in [-0.05, 0) is 63.0 Å². The van der Waals surface area contributed by atoms with Crippen LogP contribution in [-0.4, -0.2) is 47.6 Å². The van der Waals surface area contributed by atoms with Gasteiger partial charge in [-0.15, -0.1) is 24.0 Å². The minimum Gasteiger partial charge on any atom is -0.357 e. The van der Waals surface area contributed by atoms with Crippen LogP contribution in [0.25, 0.3) is 0 Å². The molecule has 3 rings (SSSR count). The summed E-state index contributed by atoms with van der Waals surface area (Å²) in [5.41, 5.74) is 1.22. The van der Waals surface area contributed by atoms with Gasteiger partial charge in [0.25, 0.3) is 0 Å². The van der Waals surface area contributed by atoms with Gasteiger partial charge in [0.15, 0.2) is 5.96 Å². The first kappa shape index (κ1) is 21.6. The Morgan fingerprint density at radius 3 is 2.81 bits per heavy atom. The number of pyridine rings is 1. The molecule has 0 radical (unpaired) electrons. The summed E-state index contributed by atoms with van der Waals surface area (Å²) in [5, 5.41) is 6.90. The largest absolute Gasteiger partial charge is 0.357 e. The van der Waals surface area contributed by atoms with Crippen LogP contribution in [0, 0.1) is 0 Å². The van der Waals surface area contributed by atoms with Gasteiger partial charge in [0.2, 0.25) is 0 Å². The van der Waals surface area contributed by atoms with Crippen LogP contribution in [0.15, 0.2) is 23.3 Å². The molecule has 1 aromatic heterocycles. The number of thioether (sulfide) groups is 1. The maximum atomic E-state index is 4.78. The Morgan fingerprint density at radius 1 is 1.31 bits per heavy atom. The van der Waals surface area contributed by atoms with Gasteiger partial charge in [0.1, 0.15) is 5.82 Å². The quantitative estimate of drug-likeness (QED) is 0.363. The van der Waals surface area contributed by atoms with Gasteiger partial charge in [-0.25, -0.2) is 9.98 Å². The predicted octanol–water partition coefficient (Wildman–Crippen LogP) is 3.64. The van der Waals surface area contributed by atoms with Gasteiger partial charge in [0, 0.05) is 37.1 Å². The summed E-state index contributed by atoms with van der Waals surface area (Å²) in [5.74, 6) is 3.29. The van der Waals surface area contributed by atoms with Crippen LogP contribution >= 0.6 is 35.7 Å². The topological polar surface area (TPSA) is 52.6 Å². The SMILES string of the molecule is CCNC(=NCc1ccnc(N2CCCC2)c1)NCC1(C)CCCS1.I. The van der Waals surface area contributed by atoms with Gasteiger partial charge in [0.05, 0.1) is 6.54 Å². The van der Waals surface area contributed by atoms with Crippen LogP contribution < -0.4 is 15.5 Å². The summed E-state index contributed by atoms with van der Waals surface area (Å²) >= 11 is 2.08. The van der Waals surface area contributed by atoms with Gasteiger partial charge in [-0.2, -0.15) is 11.8 Å². The van der Waals surface area contributed by atoms with Crippen molar-refractivity contribution in [1.82, 2.24) is 15.6 Å². The number of nitrogens with zero attached hydrogens (tertiary/aromatic N) is 3. The molecule has 3 heterocycles. The molecule has 0 aromatic carbocycles. The van der Waals surface area contributed by atoms with Crippen molar-refractivity contribution in [2.24, 2.45) is 4.99 Å². The minimum absolute atomic E-state index is 0. The molecule has 2 saturated heterocycles. The zero-order valence-electron chi connectivity index (χ0n) is 16.0. The average Bonchev–Trinajstić information content (AvgIpc) is 3.30. The normalized spacial score (nSPS) is 23.0. The number of rotatable bonds is 6. The van der Waals surface area contributed by atoms with Crippen molar-refractivity contribution >= 4 is 47.5 Å². The van der Waals surface area contributed by atoms with E-state index >= 15 is 0 Å². The molecule has 2 aliphatic rings. The smallest absolute Gasteiger partial charge is 0.191 e. The average molecular weight is 489 g/mol. The van der Waals surface area contributed by atoms with Crippen LogP contribution in [0.4, 0.5) is 5.82 Å². The molecular weight excluding hydrogens is 457 g/mol. The van der Waals surface area contributed by atoms with E-state index in [0.717, 1.165) is 38.0 Å². The summed E-state index contributed by atoms with van der Waals surface area (Å²) in [6.45, 7) is 9.25. The first-order valence-electron chi connectivity index (χ1n) is 9.54. The Bertz CT molecular complexity index is 583. The third-order valence-corrected chi connectivity index (χ3v) is 6.47. The van der Waals surface area contributed by atoms with Crippen LogP contribution in [0.2, 0.25) is 0 Å². The molecule has 146 valence electrons. The molecule has 2 aliphatic heterocycles. The van der Waals surface area contributed by atoms with E-state index in [1.807, 2.05) is 6.20 Å². The third-order valence-electron chi connectivity index (χ3n) is 4.93. The molecule has 1 unspecified atom stereocenters. The molecule has 26 heavy (non-hydrogen) atoms. The first-order chi connectivity index (χ1) is 12.2. The molecule has 5 nitrogen and oxygen atoms in total. The number of hydrogen-bond donors (Lipinski definition) is 2. The number of guanidine groups is 1. The third kappa shape index (κ3) is 6.18. The summed E-state index contributed by atoms with van der Waals surface area (Å²) in [7, 11) is 0. The van der Waals surface area contributed by atoms with Crippen LogP contribution in [0.5, 0.6) is 0 Å². The lowest BCUT2D eigenvalue weighted by atomic mass is 10.1. The van der Waals surface area contributed by atoms with Crippen LogP contribution in [0.3, 0.4) is 0 Å². The van der Waals surface area contributed by atoms with Gasteiger partial charge >= 0.3 is 0 Å². The van der Waals surface area contributed by atoms with Crippen LogP contribution in [0.1, 0.15) is 45.1 Å². The Balaban J connectivity index is 0.00000243. The lowest BCUT2D eigenvalue weighted by molar-refractivity contribution is 0.584. The van der Waals surface area contributed by atoms with E-state index in [9.17, 15) is 0 Å². The van der Waals surface area contributed by atoms with E-state index in [1.54, 1.807) is 0 Å². The number of halogens is 1. The number of aromatic nitrogens is 1. The minimum atomic E-state index is 0. The fourth-order valence-electron chi connectivity index (χ4n) is 3.44. The summed E-state index contributed by atoms with van der Waals surface area (Å²) < 4.78 is 0.343. The predicted molar refractivity (Wildman–Crippen MR) is 124 cm³/mol. The number of hydrogen-bond acceptors (Lipinski definition) is 4. The molecule has 1 aromatic rings. The Kier molecular flexibility index (Phi) is 8.79. The van der Waals surface area contributed by atoms with E-state index in [4.69, 9.17) is 4.99 Å². The van der Waals surface area contributed by atoms with Crippen molar-refractivity contribution in [2.45, 2.75) is 50.8 Å². The molecule has 0 saturated carbocycles. The molecule has 1 atom stereocenters. The summed E-state index contributed by atoms with van der Waals surface area (Å²) in [4.78, 5) is 11.7. The van der Waals surface area contributed by atoms with E-state index in [-0.39, 0.29) is 24.0 Å². The number of aliphatic imine (C=N–C) groups is 1. The Labute approximate surface area is 179 Å². The second kappa shape index (κ2) is 10.6. The Hall–Kier alpha value is -0.700. The second-order valence-electron chi connectivity index (χ2n) is 7.17. The van der Waals surface area contributed by atoms with Gasteiger partial charge < -0.3 is 15.5 Å². The van der Waals surface area contributed by atoms with Gasteiger partial charge in [-0.1, -0.05) is 0 Å².